The van der Waals surface area contributed by atoms with E-state index < -0.39 is 12.8 Å². The van der Waals surface area contributed by atoms with Crippen molar-refractivity contribution in [2.75, 3.05) is 5.32 Å². The summed E-state index contributed by atoms with van der Waals surface area (Å²) in [5, 5.41) is 2.45. The van der Waals surface area contributed by atoms with Gasteiger partial charge in [-0.25, -0.2) is 9.18 Å². The van der Waals surface area contributed by atoms with E-state index in [-0.39, 0.29) is 17.9 Å². The smallest absolute Gasteiger partial charge is 0.411 e. The summed E-state index contributed by atoms with van der Waals surface area (Å²) in [6.45, 7) is -0.557. The van der Waals surface area contributed by atoms with E-state index in [0.717, 1.165) is 5.56 Å². The summed E-state index contributed by atoms with van der Waals surface area (Å²) >= 11 is 0. The Bertz CT molecular complexity index is 629. The molecule has 2 aromatic rings. The van der Waals surface area contributed by atoms with E-state index in [0.29, 0.717) is 11.8 Å². The summed E-state index contributed by atoms with van der Waals surface area (Å²) in [6, 6.07) is 13.5. The molecule has 0 heterocycles. The highest BCUT2D eigenvalue weighted by molar-refractivity contribution is 5.93. The number of anilines is 1. The summed E-state index contributed by atoms with van der Waals surface area (Å²) in [5.41, 5.74) is 1.72. The first kappa shape index (κ1) is 14.7. The van der Waals surface area contributed by atoms with E-state index in [1.54, 1.807) is 0 Å². The van der Waals surface area contributed by atoms with Crippen molar-refractivity contribution in [2.24, 2.45) is 0 Å². The van der Waals surface area contributed by atoms with Crippen molar-refractivity contribution >= 4 is 18.1 Å². The number of benzene rings is 2. The normalized spacial score (nSPS) is 9.95. The number of carbonyl (C=O) groups excluding carboxylic acids is 2. The summed E-state index contributed by atoms with van der Waals surface area (Å²) in [5.74, 6) is 0. The largest absolute Gasteiger partial charge is 0.444 e. The van der Waals surface area contributed by atoms with Gasteiger partial charge in [0.25, 0.3) is 0 Å². The molecule has 0 aromatic heterocycles. The van der Waals surface area contributed by atoms with Crippen LogP contribution in [0.4, 0.5) is 14.9 Å². The number of hydrogen-bond acceptors (Lipinski definition) is 3. The molecule has 2 aromatic carbocycles. The number of halogens is 1. The maximum Gasteiger partial charge on any atom is 0.411 e. The fraction of sp³-hybridized carbons (Fsp3) is 0.125. The third-order valence-corrected chi connectivity index (χ3v) is 2.85. The minimum absolute atomic E-state index is 0.117. The van der Waals surface area contributed by atoms with Crippen LogP contribution in [0.5, 0.6) is 0 Å². The Hall–Kier alpha value is -2.69. The van der Waals surface area contributed by atoms with Gasteiger partial charge in [0, 0.05) is 5.56 Å². The molecule has 0 spiro atoms. The quantitative estimate of drug-likeness (QED) is 0.853. The molecule has 2 rings (SSSR count). The van der Waals surface area contributed by atoms with E-state index >= 15 is 0 Å². The molecule has 1 amide bonds. The number of ether oxygens (including phenoxy) is 1. The van der Waals surface area contributed by atoms with Gasteiger partial charge in [0.2, 0.25) is 0 Å². The first-order chi connectivity index (χ1) is 10.2. The van der Waals surface area contributed by atoms with Crippen LogP contribution in [-0.2, 0) is 18.0 Å². The standard InChI is InChI=1S/C16H14FNO3/c17-9-13-6-7-14(10-19)15(8-13)18-16(20)21-11-12-4-2-1-3-5-12/h1-8,10H,9,11H2,(H,18,20). The molecule has 0 fully saturated rings. The van der Waals surface area contributed by atoms with Gasteiger partial charge >= 0.3 is 6.09 Å². The Kier molecular flexibility index (Phi) is 5.04. The highest BCUT2D eigenvalue weighted by Crippen LogP contribution is 2.17. The van der Waals surface area contributed by atoms with Gasteiger partial charge in [0.1, 0.15) is 13.3 Å². The summed E-state index contributed by atoms with van der Waals surface area (Å²) in [6.07, 6.45) is -0.104. The lowest BCUT2D eigenvalue weighted by molar-refractivity contribution is 0.112. The van der Waals surface area contributed by atoms with Crippen LogP contribution in [0.3, 0.4) is 0 Å². The molecule has 0 saturated carbocycles. The maximum absolute atomic E-state index is 12.6. The second-order valence-corrected chi connectivity index (χ2v) is 4.36. The van der Waals surface area contributed by atoms with Gasteiger partial charge in [-0.1, -0.05) is 36.4 Å². The van der Waals surface area contributed by atoms with Crippen molar-refractivity contribution in [1.82, 2.24) is 0 Å². The van der Waals surface area contributed by atoms with E-state index in [9.17, 15) is 14.0 Å². The molecule has 108 valence electrons. The molecular formula is C16H14FNO3. The van der Waals surface area contributed by atoms with Crippen LogP contribution in [0.2, 0.25) is 0 Å². The fourth-order valence-corrected chi connectivity index (χ4v) is 1.77. The number of hydrogen-bond donors (Lipinski definition) is 1. The van der Waals surface area contributed by atoms with Crippen LogP contribution >= 0.6 is 0 Å². The van der Waals surface area contributed by atoms with Gasteiger partial charge in [0.15, 0.2) is 6.29 Å². The molecular weight excluding hydrogens is 273 g/mol. The van der Waals surface area contributed by atoms with Crippen molar-refractivity contribution in [3.63, 3.8) is 0 Å². The van der Waals surface area contributed by atoms with Gasteiger partial charge in [-0.05, 0) is 23.3 Å². The molecule has 0 unspecified atom stereocenters. The Labute approximate surface area is 121 Å². The molecule has 0 aliphatic rings. The monoisotopic (exact) mass is 287 g/mol. The second kappa shape index (κ2) is 7.19. The van der Waals surface area contributed by atoms with Gasteiger partial charge < -0.3 is 4.74 Å². The number of alkyl halides is 1. The van der Waals surface area contributed by atoms with Crippen molar-refractivity contribution in [1.29, 1.82) is 0 Å². The maximum atomic E-state index is 12.6. The lowest BCUT2D eigenvalue weighted by atomic mass is 10.1. The predicted molar refractivity (Wildman–Crippen MR) is 76.9 cm³/mol. The van der Waals surface area contributed by atoms with E-state index in [2.05, 4.69) is 5.32 Å². The molecule has 4 nitrogen and oxygen atoms in total. The third-order valence-electron chi connectivity index (χ3n) is 2.85. The minimum atomic E-state index is -0.696. The Morgan fingerprint density at radius 2 is 1.90 bits per heavy atom. The highest BCUT2D eigenvalue weighted by Gasteiger charge is 2.09. The van der Waals surface area contributed by atoms with Crippen molar-refractivity contribution < 1.29 is 18.7 Å². The van der Waals surface area contributed by atoms with E-state index in [1.165, 1.54) is 18.2 Å². The number of nitrogens with one attached hydrogen (secondary N) is 1. The first-order valence-corrected chi connectivity index (χ1v) is 6.34. The Morgan fingerprint density at radius 3 is 2.57 bits per heavy atom. The third kappa shape index (κ3) is 4.14. The van der Waals surface area contributed by atoms with Crippen LogP contribution in [0.15, 0.2) is 48.5 Å². The van der Waals surface area contributed by atoms with Crippen molar-refractivity contribution in [3.05, 3.63) is 65.2 Å². The van der Waals surface area contributed by atoms with Gasteiger partial charge in [-0.3, -0.25) is 10.1 Å². The van der Waals surface area contributed by atoms with Gasteiger partial charge in [0.05, 0.1) is 5.69 Å². The van der Waals surface area contributed by atoms with Crippen LogP contribution in [-0.4, -0.2) is 12.4 Å². The summed E-state index contributed by atoms with van der Waals surface area (Å²) < 4.78 is 17.7. The SMILES string of the molecule is O=Cc1ccc(CF)cc1NC(=O)OCc1ccccc1. The number of amides is 1. The van der Waals surface area contributed by atoms with Gasteiger partial charge in [-0.15, -0.1) is 0 Å². The molecule has 21 heavy (non-hydrogen) atoms. The minimum Gasteiger partial charge on any atom is -0.444 e. The van der Waals surface area contributed by atoms with Crippen molar-refractivity contribution in [3.8, 4) is 0 Å². The molecule has 0 saturated heterocycles. The van der Waals surface area contributed by atoms with Crippen LogP contribution < -0.4 is 5.32 Å². The lowest BCUT2D eigenvalue weighted by Gasteiger charge is -2.09. The molecule has 0 bridgehead atoms. The molecule has 1 N–H and O–H groups in total. The highest BCUT2D eigenvalue weighted by atomic mass is 19.1. The van der Waals surface area contributed by atoms with Crippen LogP contribution in [0.25, 0.3) is 0 Å². The lowest BCUT2D eigenvalue weighted by Crippen LogP contribution is -2.15. The van der Waals surface area contributed by atoms with E-state index in [4.69, 9.17) is 4.74 Å². The first-order valence-electron chi connectivity index (χ1n) is 6.34. The van der Waals surface area contributed by atoms with Gasteiger partial charge in [-0.2, -0.15) is 0 Å². The zero-order valence-electron chi connectivity index (χ0n) is 11.2. The fourth-order valence-electron chi connectivity index (χ4n) is 1.77. The van der Waals surface area contributed by atoms with E-state index in [1.807, 2.05) is 30.3 Å². The Balaban J connectivity index is 2.00. The summed E-state index contributed by atoms with van der Waals surface area (Å²) in [4.78, 5) is 22.6. The predicted octanol–water partition coefficient (Wildman–Crippen LogP) is 3.72. The molecule has 0 aliphatic heterocycles. The second-order valence-electron chi connectivity index (χ2n) is 4.36. The number of aldehydes is 1. The summed E-state index contributed by atoms with van der Waals surface area (Å²) in [7, 11) is 0. The zero-order chi connectivity index (χ0) is 15.1. The number of carbonyl (C=O) groups is 2. The molecule has 0 atom stereocenters. The molecule has 0 radical (unpaired) electrons. The molecule has 5 heteroatoms. The van der Waals surface area contributed by atoms with Crippen molar-refractivity contribution in [2.45, 2.75) is 13.3 Å². The average molecular weight is 287 g/mol. The topological polar surface area (TPSA) is 55.4 Å². The Morgan fingerprint density at radius 1 is 1.14 bits per heavy atom. The van der Waals surface area contributed by atoms with Crippen LogP contribution in [0.1, 0.15) is 21.5 Å². The zero-order valence-corrected chi connectivity index (χ0v) is 11.2. The average Bonchev–Trinajstić information content (AvgIpc) is 2.54. The number of rotatable bonds is 5. The van der Waals surface area contributed by atoms with Crippen LogP contribution in [0, 0.1) is 0 Å². The molecule has 0 aliphatic carbocycles.